The molecule has 1 fully saturated rings. The molecule has 2 heterocycles. The van der Waals surface area contributed by atoms with E-state index in [9.17, 15) is 14.0 Å². The Kier molecular flexibility index (Phi) is 5.71. The van der Waals surface area contributed by atoms with E-state index in [-0.39, 0.29) is 18.1 Å². The Morgan fingerprint density at radius 1 is 1.03 bits per heavy atom. The van der Waals surface area contributed by atoms with Gasteiger partial charge in [-0.25, -0.2) is 9.18 Å². The monoisotopic (exact) mass is 444 g/mol. The number of nitrogens with one attached hydrogen (secondary N) is 1. The fourth-order valence-corrected chi connectivity index (χ4v) is 4.91. The summed E-state index contributed by atoms with van der Waals surface area (Å²) < 4.78 is 14.1. The predicted molar refractivity (Wildman–Crippen MR) is 113 cm³/mol. The molecule has 1 aromatic heterocycles. The van der Waals surface area contributed by atoms with Gasteiger partial charge >= 0.3 is 6.03 Å². The first-order valence-electron chi connectivity index (χ1n) is 8.60. The molecule has 3 amide bonds. The number of benzene rings is 2. The lowest BCUT2D eigenvalue weighted by Crippen LogP contribution is -2.30. The van der Waals surface area contributed by atoms with Crippen LogP contribution in [0.15, 0.2) is 75.5 Å². The van der Waals surface area contributed by atoms with Crippen LogP contribution in [0.25, 0.3) is 6.08 Å². The van der Waals surface area contributed by atoms with E-state index in [1.165, 1.54) is 23.5 Å². The number of amides is 3. The number of urea groups is 1. The normalized spacial score (nSPS) is 15.2. The van der Waals surface area contributed by atoms with Gasteiger partial charge in [-0.3, -0.25) is 9.69 Å². The van der Waals surface area contributed by atoms with Crippen LogP contribution in [-0.2, 0) is 11.3 Å². The van der Waals surface area contributed by atoms with Crippen LogP contribution < -0.4 is 5.32 Å². The van der Waals surface area contributed by atoms with Gasteiger partial charge in [-0.05, 0) is 60.2 Å². The average Bonchev–Trinajstić information content (AvgIpc) is 3.25. The molecular formula is C21H14ClFN2O2S2. The molecule has 0 unspecified atom stereocenters. The molecular weight excluding hydrogens is 431 g/mol. The molecule has 1 N–H and O–H groups in total. The van der Waals surface area contributed by atoms with E-state index in [1.807, 2.05) is 36.4 Å². The maximum atomic E-state index is 13.0. The average molecular weight is 445 g/mol. The first-order valence-corrected chi connectivity index (χ1v) is 10.6. The molecule has 8 heteroatoms. The van der Waals surface area contributed by atoms with E-state index in [4.69, 9.17) is 11.6 Å². The van der Waals surface area contributed by atoms with E-state index in [2.05, 4.69) is 5.32 Å². The van der Waals surface area contributed by atoms with Crippen molar-refractivity contribution in [3.8, 4) is 0 Å². The number of rotatable bonds is 5. The van der Waals surface area contributed by atoms with Crippen molar-refractivity contribution in [2.75, 3.05) is 0 Å². The largest absolute Gasteiger partial charge is 0.329 e. The molecule has 4 nitrogen and oxygen atoms in total. The summed E-state index contributed by atoms with van der Waals surface area (Å²) in [6.45, 7) is 0.0877. The molecule has 0 radical (unpaired) electrons. The highest BCUT2D eigenvalue weighted by Crippen LogP contribution is 2.34. The molecule has 1 aliphatic rings. The van der Waals surface area contributed by atoms with Crippen molar-refractivity contribution in [1.82, 2.24) is 10.2 Å². The topological polar surface area (TPSA) is 49.4 Å². The fraction of sp³-hybridized carbons (Fsp3) is 0.0476. The highest BCUT2D eigenvalue weighted by Gasteiger charge is 2.33. The molecule has 146 valence electrons. The lowest BCUT2D eigenvalue weighted by molar-refractivity contribution is -0.123. The standard InChI is InChI=1S/C21H14ClFN2O2S2/c22-14-3-7-16(8-4-14)28-19-10-9-17(29-19)11-18-20(26)25(21(27)24-18)12-13-1-5-15(23)6-2-13/h1-11H,12H2,(H,24,27)/b18-11+. The molecule has 4 rings (SSSR count). The maximum absolute atomic E-state index is 13.0. The van der Waals surface area contributed by atoms with Gasteiger partial charge in [0.05, 0.1) is 10.8 Å². The minimum atomic E-state index is -0.488. The zero-order valence-electron chi connectivity index (χ0n) is 14.9. The van der Waals surface area contributed by atoms with Gasteiger partial charge in [-0.15, -0.1) is 11.3 Å². The third-order valence-electron chi connectivity index (χ3n) is 4.14. The third-order valence-corrected chi connectivity index (χ3v) is 6.56. The van der Waals surface area contributed by atoms with Crippen LogP contribution >= 0.6 is 34.7 Å². The maximum Gasteiger partial charge on any atom is 0.329 e. The van der Waals surface area contributed by atoms with Crippen molar-refractivity contribution in [3.63, 3.8) is 0 Å². The van der Waals surface area contributed by atoms with E-state index in [0.29, 0.717) is 10.6 Å². The summed E-state index contributed by atoms with van der Waals surface area (Å²) in [7, 11) is 0. The lowest BCUT2D eigenvalue weighted by Gasteiger charge is -2.11. The minimum Gasteiger partial charge on any atom is -0.303 e. The van der Waals surface area contributed by atoms with Crippen molar-refractivity contribution < 1.29 is 14.0 Å². The van der Waals surface area contributed by atoms with Gasteiger partial charge in [0.2, 0.25) is 0 Å². The molecule has 3 aromatic rings. The van der Waals surface area contributed by atoms with Gasteiger partial charge in [-0.2, -0.15) is 0 Å². The summed E-state index contributed by atoms with van der Waals surface area (Å²) in [6.07, 6.45) is 1.67. The highest BCUT2D eigenvalue weighted by molar-refractivity contribution is 8.01. The highest BCUT2D eigenvalue weighted by atomic mass is 35.5. The molecule has 29 heavy (non-hydrogen) atoms. The van der Waals surface area contributed by atoms with Crippen molar-refractivity contribution >= 4 is 52.7 Å². The molecule has 0 spiro atoms. The molecule has 1 aliphatic heterocycles. The van der Waals surface area contributed by atoms with Crippen LogP contribution in [0.2, 0.25) is 5.02 Å². The second-order valence-corrected chi connectivity index (χ2v) is 9.14. The number of carbonyl (C=O) groups is 2. The Labute approximate surface area is 180 Å². The first kappa shape index (κ1) is 19.7. The Balaban J connectivity index is 1.46. The Morgan fingerprint density at radius 3 is 2.48 bits per heavy atom. The SMILES string of the molecule is O=C1N/C(=C/c2ccc(Sc3ccc(Cl)cc3)s2)C(=O)N1Cc1ccc(F)cc1. The molecule has 1 saturated heterocycles. The van der Waals surface area contributed by atoms with E-state index in [0.717, 1.165) is 18.9 Å². The molecule has 0 saturated carbocycles. The van der Waals surface area contributed by atoms with Crippen molar-refractivity contribution in [2.45, 2.75) is 15.6 Å². The van der Waals surface area contributed by atoms with Crippen molar-refractivity contribution in [3.05, 3.63) is 87.6 Å². The van der Waals surface area contributed by atoms with Gasteiger partial charge in [0.25, 0.3) is 5.91 Å². The first-order chi connectivity index (χ1) is 14.0. The van der Waals surface area contributed by atoms with Crippen LogP contribution in [0.5, 0.6) is 0 Å². The summed E-state index contributed by atoms with van der Waals surface area (Å²) in [6, 6.07) is 16.6. The zero-order valence-corrected chi connectivity index (χ0v) is 17.3. The van der Waals surface area contributed by atoms with Crippen LogP contribution in [0, 0.1) is 5.82 Å². The smallest absolute Gasteiger partial charge is 0.303 e. The van der Waals surface area contributed by atoms with Crippen LogP contribution in [-0.4, -0.2) is 16.8 Å². The molecule has 0 atom stereocenters. The predicted octanol–water partition coefficient (Wildman–Crippen LogP) is 5.78. The number of hydrogen-bond donors (Lipinski definition) is 1. The summed E-state index contributed by atoms with van der Waals surface area (Å²) in [5.74, 6) is -0.767. The number of halogens is 2. The summed E-state index contributed by atoms with van der Waals surface area (Å²) >= 11 is 9.02. The fourth-order valence-electron chi connectivity index (χ4n) is 2.72. The van der Waals surface area contributed by atoms with E-state index >= 15 is 0 Å². The van der Waals surface area contributed by atoms with Crippen LogP contribution in [0.4, 0.5) is 9.18 Å². The van der Waals surface area contributed by atoms with Crippen LogP contribution in [0.1, 0.15) is 10.4 Å². The minimum absolute atomic E-state index is 0.0877. The summed E-state index contributed by atoms with van der Waals surface area (Å²) in [5, 5.41) is 3.30. The van der Waals surface area contributed by atoms with Gasteiger partial charge in [0.1, 0.15) is 11.5 Å². The third kappa shape index (κ3) is 4.70. The summed E-state index contributed by atoms with van der Waals surface area (Å²) in [5.41, 5.74) is 0.899. The van der Waals surface area contributed by atoms with E-state index < -0.39 is 11.9 Å². The van der Waals surface area contributed by atoms with Gasteiger partial charge in [-0.1, -0.05) is 35.5 Å². The number of carbonyl (C=O) groups excluding carboxylic acids is 2. The Bertz CT molecular complexity index is 1090. The van der Waals surface area contributed by atoms with Gasteiger partial charge < -0.3 is 5.32 Å². The number of nitrogens with zero attached hydrogens (tertiary/aromatic N) is 1. The van der Waals surface area contributed by atoms with Crippen molar-refractivity contribution in [2.24, 2.45) is 0 Å². The van der Waals surface area contributed by atoms with Crippen molar-refractivity contribution in [1.29, 1.82) is 0 Å². The molecule has 2 aromatic carbocycles. The molecule has 0 bridgehead atoms. The zero-order chi connectivity index (χ0) is 20.4. The second-order valence-electron chi connectivity index (χ2n) is 6.22. The lowest BCUT2D eigenvalue weighted by atomic mass is 10.2. The summed E-state index contributed by atoms with van der Waals surface area (Å²) in [4.78, 5) is 27.8. The Morgan fingerprint density at radius 2 is 1.76 bits per heavy atom. The van der Waals surface area contributed by atoms with Gasteiger partial charge in [0.15, 0.2) is 0 Å². The number of imide groups is 1. The molecule has 0 aliphatic carbocycles. The number of hydrogen-bond acceptors (Lipinski definition) is 4. The second kappa shape index (κ2) is 8.41. The number of thiophene rings is 1. The van der Waals surface area contributed by atoms with Crippen LogP contribution in [0.3, 0.4) is 0 Å². The van der Waals surface area contributed by atoms with E-state index in [1.54, 1.807) is 30.0 Å². The Hall–Kier alpha value is -2.61. The quantitative estimate of drug-likeness (QED) is 0.400. The van der Waals surface area contributed by atoms with Gasteiger partial charge in [0, 0.05) is 14.8 Å².